The number of aromatic amines is 1. The quantitative estimate of drug-likeness (QED) is 0.352. The van der Waals surface area contributed by atoms with Gasteiger partial charge in [0, 0.05) is 40.6 Å². The average Bonchev–Trinajstić information content (AvgIpc) is 3.50. The molecule has 0 radical (unpaired) electrons. The average molecular weight is 493 g/mol. The smallest absolute Gasteiger partial charge is 0.410 e. The second-order valence-corrected chi connectivity index (χ2v) is 9.68. The van der Waals surface area contributed by atoms with Gasteiger partial charge in [-0.2, -0.15) is 0 Å². The molecule has 5 rings (SSSR count). The molecular weight excluding hydrogens is 464 g/mol. The van der Waals surface area contributed by atoms with E-state index in [1.165, 1.54) is 5.56 Å². The molecule has 3 heterocycles. The second kappa shape index (κ2) is 10.0. The second-order valence-electron chi connectivity index (χ2n) is 9.24. The SMILES string of the molecule is CC(C)COC(=O)N1CCc2c([nH]c3ccc(Cl)cc23)C1c1ccc(OCCn2ccnc2)cc1. The van der Waals surface area contributed by atoms with E-state index in [1.54, 1.807) is 12.5 Å². The summed E-state index contributed by atoms with van der Waals surface area (Å²) in [7, 11) is 0. The lowest BCUT2D eigenvalue weighted by molar-refractivity contribution is 0.0797. The summed E-state index contributed by atoms with van der Waals surface area (Å²) in [4.78, 5) is 22.5. The lowest BCUT2D eigenvalue weighted by Crippen LogP contribution is -2.41. The van der Waals surface area contributed by atoms with Gasteiger partial charge in [0.25, 0.3) is 0 Å². The van der Waals surface area contributed by atoms with Crippen molar-refractivity contribution < 1.29 is 14.3 Å². The van der Waals surface area contributed by atoms with Gasteiger partial charge in [-0.1, -0.05) is 37.6 Å². The molecule has 0 spiro atoms. The Morgan fingerprint density at radius 2 is 2.06 bits per heavy atom. The van der Waals surface area contributed by atoms with Crippen LogP contribution >= 0.6 is 11.6 Å². The number of nitrogens with one attached hydrogen (secondary N) is 1. The molecule has 0 bridgehead atoms. The van der Waals surface area contributed by atoms with E-state index < -0.39 is 0 Å². The highest BCUT2D eigenvalue weighted by Crippen LogP contribution is 2.39. The zero-order valence-corrected chi connectivity index (χ0v) is 20.7. The first-order valence-electron chi connectivity index (χ1n) is 11.9. The maximum atomic E-state index is 13.1. The highest BCUT2D eigenvalue weighted by Gasteiger charge is 2.35. The number of hydrogen-bond acceptors (Lipinski definition) is 4. The molecular formula is C27H29ClN4O3. The number of rotatable bonds is 7. The standard InChI is InChI=1S/C27H29ClN4O3/c1-18(2)16-35-27(33)32-11-9-22-23-15-20(28)5-8-24(23)30-25(22)26(32)19-3-6-21(7-4-19)34-14-13-31-12-10-29-17-31/h3-8,10,12,15,17-18,26,30H,9,11,13-14,16H2,1-2H3. The zero-order chi connectivity index (χ0) is 24.4. The minimum Gasteiger partial charge on any atom is -0.492 e. The first-order chi connectivity index (χ1) is 17.0. The molecule has 7 nitrogen and oxygen atoms in total. The summed E-state index contributed by atoms with van der Waals surface area (Å²) in [5.41, 5.74) is 4.21. The molecule has 2 aromatic heterocycles. The molecule has 1 unspecified atom stereocenters. The fraction of sp³-hybridized carbons (Fsp3) is 0.333. The van der Waals surface area contributed by atoms with Gasteiger partial charge in [0.15, 0.2) is 0 Å². The summed E-state index contributed by atoms with van der Waals surface area (Å²) in [6, 6.07) is 13.5. The third-order valence-corrected chi connectivity index (χ3v) is 6.47. The molecule has 0 saturated carbocycles. The first-order valence-corrected chi connectivity index (χ1v) is 12.3. The normalized spacial score (nSPS) is 15.4. The third kappa shape index (κ3) is 5.00. The van der Waals surface area contributed by atoms with Crippen molar-refractivity contribution in [2.45, 2.75) is 32.9 Å². The molecule has 0 saturated heterocycles. The number of carbonyl (C=O) groups is 1. The van der Waals surface area contributed by atoms with Gasteiger partial charge < -0.3 is 19.0 Å². The van der Waals surface area contributed by atoms with Gasteiger partial charge in [-0.25, -0.2) is 9.78 Å². The highest BCUT2D eigenvalue weighted by molar-refractivity contribution is 6.31. The molecule has 0 fully saturated rings. The molecule has 4 aromatic rings. The Morgan fingerprint density at radius 3 is 2.80 bits per heavy atom. The van der Waals surface area contributed by atoms with Gasteiger partial charge in [0.05, 0.1) is 19.5 Å². The van der Waals surface area contributed by atoms with Crippen LogP contribution < -0.4 is 4.74 Å². The van der Waals surface area contributed by atoms with E-state index in [4.69, 9.17) is 21.1 Å². The number of benzene rings is 2. The minimum absolute atomic E-state index is 0.270. The van der Waals surface area contributed by atoms with Crippen molar-refractivity contribution in [1.29, 1.82) is 0 Å². The summed E-state index contributed by atoms with van der Waals surface area (Å²) in [6.07, 6.45) is 5.87. The largest absolute Gasteiger partial charge is 0.492 e. The number of nitrogens with zero attached hydrogens (tertiary/aromatic N) is 3. The van der Waals surface area contributed by atoms with Crippen molar-refractivity contribution in [1.82, 2.24) is 19.4 Å². The van der Waals surface area contributed by atoms with Crippen LogP contribution in [0.1, 0.15) is 36.7 Å². The number of imidazole rings is 1. The molecule has 1 aliphatic heterocycles. The molecule has 2 aromatic carbocycles. The first kappa shape index (κ1) is 23.3. The predicted molar refractivity (Wildman–Crippen MR) is 136 cm³/mol. The predicted octanol–water partition coefficient (Wildman–Crippen LogP) is 5.84. The van der Waals surface area contributed by atoms with Crippen LogP contribution in [-0.4, -0.2) is 45.3 Å². The van der Waals surface area contributed by atoms with Crippen molar-refractivity contribution in [3.8, 4) is 5.75 Å². The van der Waals surface area contributed by atoms with E-state index in [-0.39, 0.29) is 18.1 Å². The Labute approximate surface area is 209 Å². The van der Waals surface area contributed by atoms with Gasteiger partial charge >= 0.3 is 6.09 Å². The lowest BCUT2D eigenvalue weighted by Gasteiger charge is -2.35. The van der Waals surface area contributed by atoms with Crippen molar-refractivity contribution >= 4 is 28.6 Å². The van der Waals surface area contributed by atoms with E-state index in [1.807, 2.05) is 72.0 Å². The van der Waals surface area contributed by atoms with Crippen LogP contribution in [0, 0.1) is 5.92 Å². The number of H-pyrrole nitrogens is 1. The Morgan fingerprint density at radius 1 is 1.23 bits per heavy atom. The Hall–Kier alpha value is -3.45. The Bertz CT molecular complexity index is 1300. The fourth-order valence-corrected chi connectivity index (χ4v) is 4.73. The Balaban J connectivity index is 1.43. The van der Waals surface area contributed by atoms with Crippen LogP contribution in [0.5, 0.6) is 5.75 Å². The fourth-order valence-electron chi connectivity index (χ4n) is 4.56. The lowest BCUT2D eigenvalue weighted by atomic mass is 9.92. The molecule has 1 atom stereocenters. The summed E-state index contributed by atoms with van der Waals surface area (Å²) in [5, 5.41) is 1.80. The van der Waals surface area contributed by atoms with Crippen LogP contribution in [0.15, 0.2) is 61.2 Å². The van der Waals surface area contributed by atoms with Crippen LogP contribution in [0.2, 0.25) is 5.02 Å². The van der Waals surface area contributed by atoms with E-state index in [0.717, 1.165) is 40.9 Å². The monoisotopic (exact) mass is 492 g/mol. The maximum Gasteiger partial charge on any atom is 0.410 e. The molecule has 182 valence electrons. The van der Waals surface area contributed by atoms with E-state index in [0.29, 0.717) is 24.8 Å². The molecule has 8 heteroatoms. The summed E-state index contributed by atoms with van der Waals surface area (Å²) < 4.78 is 13.5. The van der Waals surface area contributed by atoms with Gasteiger partial charge in [0.1, 0.15) is 18.4 Å². The van der Waals surface area contributed by atoms with Gasteiger partial charge in [0.2, 0.25) is 0 Å². The number of halogens is 1. The van der Waals surface area contributed by atoms with Gasteiger partial charge in [-0.3, -0.25) is 4.90 Å². The number of hydrogen-bond donors (Lipinski definition) is 1. The maximum absolute atomic E-state index is 13.1. The minimum atomic E-state index is -0.299. The van der Waals surface area contributed by atoms with Gasteiger partial charge in [-0.05, 0) is 53.8 Å². The van der Waals surface area contributed by atoms with E-state index in [2.05, 4.69) is 9.97 Å². The van der Waals surface area contributed by atoms with Crippen LogP contribution in [0.25, 0.3) is 10.9 Å². The van der Waals surface area contributed by atoms with Crippen LogP contribution in [-0.2, 0) is 17.7 Å². The third-order valence-electron chi connectivity index (χ3n) is 6.24. The van der Waals surface area contributed by atoms with Crippen LogP contribution in [0.4, 0.5) is 4.79 Å². The summed E-state index contributed by atoms with van der Waals surface area (Å²) >= 11 is 6.30. The van der Waals surface area contributed by atoms with Gasteiger partial charge in [-0.15, -0.1) is 0 Å². The molecule has 1 aliphatic rings. The number of amides is 1. The number of fused-ring (bicyclic) bond motifs is 3. The van der Waals surface area contributed by atoms with Crippen molar-refractivity contribution in [3.63, 3.8) is 0 Å². The zero-order valence-electron chi connectivity index (χ0n) is 19.9. The molecule has 0 aliphatic carbocycles. The van der Waals surface area contributed by atoms with E-state index >= 15 is 0 Å². The topological polar surface area (TPSA) is 72.4 Å². The molecule has 1 amide bonds. The molecule has 1 N–H and O–H groups in total. The summed E-state index contributed by atoms with van der Waals surface area (Å²) in [6.45, 7) is 6.29. The summed E-state index contributed by atoms with van der Waals surface area (Å²) in [5.74, 6) is 1.05. The van der Waals surface area contributed by atoms with Crippen LogP contribution in [0.3, 0.4) is 0 Å². The van der Waals surface area contributed by atoms with Crippen molar-refractivity contribution in [2.24, 2.45) is 5.92 Å². The van der Waals surface area contributed by atoms with Crippen molar-refractivity contribution in [3.05, 3.63) is 83.0 Å². The van der Waals surface area contributed by atoms with Crippen molar-refractivity contribution in [2.75, 3.05) is 19.8 Å². The number of ether oxygens (including phenoxy) is 2. The molecule has 35 heavy (non-hydrogen) atoms. The Kier molecular flexibility index (Phi) is 6.68. The highest BCUT2D eigenvalue weighted by atomic mass is 35.5. The van der Waals surface area contributed by atoms with E-state index in [9.17, 15) is 4.79 Å². The number of carbonyl (C=O) groups excluding carboxylic acids is 1. The number of aromatic nitrogens is 3.